The molecule has 0 fully saturated rings. The van der Waals surface area contributed by atoms with Crippen molar-refractivity contribution in [2.45, 2.75) is 46.5 Å². The Bertz CT molecular complexity index is 203. The first-order chi connectivity index (χ1) is 6.99. The molecule has 0 heterocycles. The first-order valence-electron chi connectivity index (χ1n) is 6.05. The van der Waals surface area contributed by atoms with E-state index in [1.807, 2.05) is 0 Å². The Kier molecular flexibility index (Phi) is 7.19. The van der Waals surface area contributed by atoms with Gasteiger partial charge < -0.3 is 4.90 Å². The first kappa shape index (κ1) is 14.3. The van der Waals surface area contributed by atoms with E-state index in [0.717, 1.165) is 19.4 Å². The summed E-state index contributed by atoms with van der Waals surface area (Å²) in [7, 11) is 2.14. The van der Waals surface area contributed by atoms with Gasteiger partial charge in [0.1, 0.15) is 0 Å². The molecule has 0 unspecified atom stereocenters. The molecule has 0 aromatic carbocycles. The second-order valence-corrected chi connectivity index (χ2v) is 4.65. The van der Waals surface area contributed by atoms with Crippen LogP contribution in [-0.4, -0.2) is 18.5 Å². The Morgan fingerprint density at radius 2 is 1.80 bits per heavy atom. The Labute approximate surface area is 95.9 Å². The van der Waals surface area contributed by atoms with Crippen LogP contribution in [0.15, 0.2) is 24.4 Å². The predicted octanol–water partition coefficient (Wildman–Crippen LogP) is 4.22. The van der Waals surface area contributed by atoms with Crippen LogP contribution >= 0.6 is 0 Å². The molecule has 0 aliphatic heterocycles. The van der Waals surface area contributed by atoms with Gasteiger partial charge >= 0.3 is 0 Å². The maximum Gasteiger partial charge on any atom is 0.0171 e. The summed E-state index contributed by atoms with van der Waals surface area (Å²) in [5.41, 5.74) is 2.57. The summed E-state index contributed by atoms with van der Waals surface area (Å²) in [5.74, 6) is 0.596. The average molecular weight is 209 g/mol. The zero-order valence-electron chi connectivity index (χ0n) is 11.0. The SMILES string of the molecule is C=C(CCC(=C)N(C)CCCC)C(C)C. The minimum atomic E-state index is 0.596. The van der Waals surface area contributed by atoms with Crippen LogP contribution in [0.5, 0.6) is 0 Å². The summed E-state index contributed by atoms with van der Waals surface area (Å²) >= 11 is 0. The van der Waals surface area contributed by atoms with Gasteiger partial charge in [-0.3, -0.25) is 0 Å². The average Bonchev–Trinajstić information content (AvgIpc) is 2.21. The topological polar surface area (TPSA) is 3.24 Å². The summed E-state index contributed by atoms with van der Waals surface area (Å²) in [4.78, 5) is 2.27. The molecule has 0 aliphatic rings. The van der Waals surface area contributed by atoms with E-state index in [9.17, 15) is 0 Å². The zero-order chi connectivity index (χ0) is 11.8. The highest BCUT2D eigenvalue weighted by molar-refractivity contribution is 5.03. The number of hydrogen-bond donors (Lipinski definition) is 0. The molecule has 0 aromatic rings. The van der Waals surface area contributed by atoms with E-state index in [1.165, 1.54) is 24.1 Å². The second-order valence-electron chi connectivity index (χ2n) is 4.65. The van der Waals surface area contributed by atoms with Crippen molar-refractivity contribution >= 4 is 0 Å². The largest absolute Gasteiger partial charge is 0.378 e. The van der Waals surface area contributed by atoms with E-state index in [2.05, 4.69) is 45.9 Å². The molecule has 0 atom stereocenters. The molecule has 0 amide bonds. The van der Waals surface area contributed by atoms with Crippen molar-refractivity contribution < 1.29 is 0 Å². The lowest BCUT2D eigenvalue weighted by Crippen LogP contribution is -2.18. The summed E-state index contributed by atoms with van der Waals surface area (Å²) in [6.07, 6.45) is 4.63. The molecule has 1 nitrogen and oxygen atoms in total. The van der Waals surface area contributed by atoms with Crippen molar-refractivity contribution in [2.24, 2.45) is 5.92 Å². The monoisotopic (exact) mass is 209 g/mol. The Hall–Kier alpha value is -0.720. The van der Waals surface area contributed by atoms with Gasteiger partial charge in [-0.25, -0.2) is 0 Å². The van der Waals surface area contributed by atoms with Crippen LogP contribution in [0, 0.1) is 5.92 Å². The number of nitrogens with zero attached hydrogens (tertiary/aromatic N) is 1. The molecule has 88 valence electrons. The van der Waals surface area contributed by atoms with E-state index < -0.39 is 0 Å². The van der Waals surface area contributed by atoms with Gasteiger partial charge in [-0.05, 0) is 25.2 Å². The third kappa shape index (κ3) is 6.38. The summed E-state index contributed by atoms with van der Waals surface area (Å²) in [6, 6.07) is 0. The molecule has 15 heavy (non-hydrogen) atoms. The standard InChI is InChI=1S/C14H27N/c1-7-8-11-15(6)14(5)10-9-13(4)12(2)3/h12H,4-5,7-11H2,1-3,6H3. The van der Waals surface area contributed by atoms with Gasteiger partial charge in [-0.1, -0.05) is 45.9 Å². The van der Waals surface area contributed by atoms with Gasteiger partial charge in [0.15, 0.2) is 0 Å². The van der Waals surface area contributed by atoms with Crippen LogP contribution < -0.4 is 0 Å². The molecule has 0 aliphatic carbocycles. The van der Waals surface area contributed by atoms with E-state index in [-0.39, 0.29) is 0 Å². The molecule has 0 bridgehead atoms. The molecular weight excluding hydrogens is 182 g/mol. The van der Waals surface area contributed by atoms with Crippen LogP contribution in [0.3, 0.4) is 0 Å². The first-order valence-corrected chi connectivity index (χ1v) is 6.05. The van der Waals surface area contributed by atoms with Gasteiger partial charge in [0.25, 0.3) is 0 Å². The van der Waals surface area contributed by atoms with Crippen LogP contribution in [0.2, 0.25) is 0 Å². The molecule has 0 aromatic heterocycles. The lowest BCUT2D eigenvalue weighted by atomic mass is 9.99. The third-order valence-corrected chi connectivity index (χ3v) is 2.94. The lowest BCUT2D eigenvalue weighted by Gasteiger charge is -2.22. The molecule has 0 rings (SSSR count). The summed E-state index contributed by atoms with van der Waals surface area (Å²) in [5, 5.41) is 0. The third-order valence-electron chi connectivity index (χ3n) is 2.94. The zero-order valence-corrected chi connectivity index (χ0v) is 11.0. The second kappa shape index (κ2) is 7.56. The van der Waals surface area contributed by atoms with Crippen molar-refractivity contribution in [1.29, 1.82) is 0 Å². The van der Waals surface area contributed by atoms with Crippen molar-refractivity contribution in [3.63, 3.8) is 0 Å². The molecule has 0 saturated heterocycles. The van der Waals surface area contributed by atoms with Gasteiger partial charge in [-0.2, -0.15) is 0 Å². The lowest BCUT2D eigenvalue weighted by molar-refractivity contribution is 0.392. The maximum absolute atomic E-state index is 4.12. The fourth-order valence-electron chi connectivity index (χ4n) is 1.34. The molecule has 0 saturated carbocycles. The fourth-order valence-corrected chi connectivity index (χ4v) is 1.34. The minimum Gasteiger partial charge on any atom is -0.378 e. The maximum atomic E-state index is 4.12. The fraction of sp³-hybridized carbons (Fsp3) is 0.714. The van der Waals surface area contributed by atoms with Gasteiger partial charge in [0.05, 0.1) is 0 Å². The Morgan fingerprint density at radius 3 is 2.27 bits per heavy atom. The van der Waals surface area contributed by atoms with Crippen LogP contribution in [0.25, 0.3) is 0 Å². The van der Waals surface area contributed by atoms with Crippen molar-refractivity contribution in [1.82, 2.24) is 4.90 Å². The van der Waals surface area contributed by atoms with E-state index in [0.29, 0.717) is 5.92 Å². The molecule has 0 spiro atoms. The van der Waals surface area contributed by atoms with Gasteiger partial charge in [-0.15, -0.1) is 0 Å². The predicted molar refractivity (Wildman–Crippen MR) is 69.9 cm³/mol. The van der Waals surface area contributed by atoms with Crippen LogP contribution in [-0.2, 0) is 0 Å². The van der Waals surface area contributed by atoms with Crippen LogP contribution in [0.1, 0.15) is 46.5 Å². The number of hydrogen-bond acceptors (Lipinski definition) is 1. The van der Waals surface area contributed by atoms with Crippen molar-refractivity contribution in [3.05, 3.63) is 24.4 Å². The van der Waals surface area contributed by atoms with E-state index in [1.54, 1.807) is 0 Å². The Morgan fingerprint density at radius 1 is 1.20 bits per heavy atom. The molecule has 0 N–H and O–H groups in total. The molecule has 0 radical (unpaired) electrons. The number of unbranched alkanes of at least 4 members (excludes halogenated alkanes) is 1. The summed E-state index contributed by atoms with van der Waals surface area (Å²) in [6.45, 7) is 16.0. The normalized spacial score (nSPS) is 10.5. The highest BCUT2D eigenvalue weighted by atomic mass is 15.1. The van der Waals surface area contributed by atoms with Crippen molar-refractivity contribution in [2.75, 3.05) is 13.6 Å². The quantitative estimate of drug-likeness (QED) is 0.541. The van der Waals surface area contributed by atoms with E-state index in [4.69, 9.17) is 0 Å². The van der Waals surface area contributed by atoms with Crippen molar-refractivity contribution in [3.8, 4) is 0 Å². The van der Waals surface area contributed by atoms with Crippen LogP contribution in [0.4, 0.5) is 0 Å². The number of allylic oxidation sites excluding steroid dienone is 2. The highest BCUT2D eigenvalue weighted by Crippen LogP contribution is 2.17. The smallest absolute Gasteiger partial charge is 0.0171 e. The Balaban J connectivity index is 3.78. The molecular formula is C14H27N. The van der Waals surface area contributed by atoms with Gasteiger partial charge in [0.2, 0.25) is 0 Å². The van der Waals surface area contributed by atoms with E-state index >= 15 is 0 Å². The van der Waals surface area contributed by atoms with Gasteiger partial charge in [0, 0.05) is 19.3 Å². The molecule has 1 heteroatoms. The highest BCUT2D eigenvalue weighted by Gasteiger charge is 2.04. The summed E-state index contributed by atoms with van der Waals surface area (Å²) < 4.78 is 0. The number of rotatable bonds is 8. The minimum absolute atomic E-state index is 0.596.